The lowest BCUT2D eigenvalue weighted by atomic mass is 10.2. The number of anilines is 2. The summed E-state index contributed by atoms with van der Waals surface area (Å²) in [6.07, 6.45) is 3.87. The molecular weight excluding hydrogens is 423 g/mol. The van der Waals surface area contributed by atoms with Crippen molar-refractivity contribution in [3.8, 4) is 6.07 Å². The van der Waals surface area contributed by atoms with E-state index in [-0.39, 0.29) is 24.0 Å². The summed E-state index contributed by atoms with van der Waals surface area (Å²) in [5, 5.41) is 9.17. The maximum absolute atomic E-state index is 9.17. The molecule has 0 spiro atoms. The third kappa shape index (κ3) is 3.85. The fourth-order valence-electron chi connectivity index (χ4n) is 2.98. The molecule has 3 rings (SSSR count). The van der Waals surface area contributed by atoms with E-state index in [1.807, 2.05) is 60.8 Å². The van der Waals surface area contributed by atoms with Crippen molar-refractivity contribution in [1.29, 1.82) is 5.26 Å². The first-order chi connectivity index (χ1) is 11.8. The molecular formula is C20H21IN4. The van der Waals surface area contributed by atoms with E-state index in [0.717, 1.165) is 36.0 Å². The summed E-state index contributed by atoms with van der Waals surface area (Å²) in [6, 6.07) is 18.0. The zero-order valence-electron chi connectivity index (χ0n) is 14.4. The van der Waals surface area contributed by atoms with Crippen molar-refractivity contribution >= 4 is 47.3 Å². The van der Waals surface area contributed by atoms with Crippen LogP contribution in [0.1, 0.15) is 19.4 Å². The summed E-state index contributed by atoms with van der Waals surface area (Å²) in [5.41, 5.74) is 3.83. The van der Waals surface area contributed by atoms with Crippen LogP contribution in [0, 0.1) is 11.3 Å². The monoisotopic (exact) mass is 444 g/mol. The molecule has 0 unspecified atom stereocenters. The smallest absolute Gasteiger partial charge is 0.115 e. The molecule has 1 heterocycles. The lowest BCUT2D eigenvalue weighted by Crippen LogP contribution is -2.28. The molecule has 0 aromatic heterocycles. The first kappa shape index (κ1) is 19.0. The molecule has 0 fully saturated rings. The molecule has 0 amide bonds. The fourth-order valence-corrected chi connectivity index (χ4v) is 2.98. The molecule has 1 aliphatic rings. The van der Waals surface area contributed by atoms with Crippen molar-refractivity contribution in [1.82, 2.24) is 0 Å². The van der Waals surface area contributed by atoms with Crippen LogP contribution in [0.25, 0.3) is 0 Å². The number of para-hydroxylation sites is 1. The van der Waals surface area contributed by atoms with Crippen molar-refractivity contribution in [2.24, 2.45) is 4.99 Å². The number of aliphatic imine (C=N–C) groups is 1. The molecule has 0 bridgehead atoms. The van der Waals surface area contributed by atoms with Gasteiger partial charge >= 0.3 is 0 Å². The third-order valence-electron chi connectivity index (χ3n) is 4.08. The van der Waals surface area contributed by atoms with E-state index in [2.05, 4.69) is 34.7 Å². The highest BCUT2D eigenvalue weighted by molar-refractivity contribution is 14.0. The Labute approximate surface area is 166 Å². The topological polar surface area (TPSA) is 42.6 Å². The van der Waals surface area contributed by atoms with E-state index in [4.69, 9.17) is 5.26 Å². The number of nitriles is 1. The predicted octanol–water partition coefficient (Wildman–Crippen LogP) is 5.09. The average Bonchev–Trinajstić information content (AvgIpc) is 2.94. The molecule has 0 saturated heterocycles. The number of hydrogen-bond donors (Lipinski definition) is 0. The minimum atomic E-state index is 0. The van der Waals surface area contributed by atoms with Gasteiger partial charge in [-0.3, -0.25) is 4.99 Å². The second kappa shape index (κ2) is 8.67. The highest BCUT2D eigenvalue weighted by Crippen LogP contribution is 2.41. The highest BCUT2D eigenvalue weighted by atomic mass is 127. The van der Waals surface area contributed by atoms with Crippen molar-refractivity contribution in [3.05, 3.63) is 66.0 Å². The first-order valence-electron chi connectivity index (χ1n) is 8.17. The molecule has 0 aliphatic carbocycles. The Morgan fingerprint density at radius 2 is 1.68 bits per heavy atom. The predicted molar refractivity (Wildman–Crippen MR) is 115 cm³/mol. The lowest BCUT2D eigenvalue weighted by Gasteiger charge is -2.22. The van der Waals surface area contributed by atoms with E-state index >= 15 is 0 Å². The lowest BCUT2D eigenvalue weighted by molar-refractivity contribution is 0.901. The van der Waals surface area contributed by atoms with Crippen LogP contribution in [0.2, 0.25) is 0 Å². The molecule has 0 N–H and O–H groups in total. The van der Waals surface area contributed by atoms with E-state index in [1.54, 1.807) is 0 Å². The molecule has 0 atom stereocenters. The highest BCUT2D eigenvalue weighted by Gasteiger charge is 2.29. The standard InChI is InChI=1S/C20H20N4.HI/c1-3-23-18-11-10-16(15-21)14-19(18)24(4-2)20(23)12-13-22-17-8-6-5-7-9-17;/h5-14H,3-4H2,1-2H3;1H/b20-12-,22-13?;. The molecule has 25 heavy (non-hydrogen) atoms. The normalized spacial score (nSPS) is 14.5. The summed E-state index contributed by atoms with van der Waals surface area (Å²) in [7, 11) is 0. The number of halogens is 1. The second-order valence-electron chi connectivity index (χ2n) is 5.44. The molecule has 2 aromatic rings. The van der Waals surface area contributed by atoms with Crippen LogP contribution >= 0.6 is 24.0 Å². The number of hydrogen-bond acceptors (Lipinski definition) is 4. The largest absolute Gasteiger partial charge is 0.326 e. The van der Waals surface area contributed by atoms with Gasteiger partial charge in [-0.1, -0.05) is 18.2 Å². The van der Waals surface area contributed by atoms with Gasteiger partial charge in [-0.2, -0.15) is 5.26 Å². The van der Waals surface area contributed by atoms with Gasteiger partial charge in [0.25, 0.3) is 0 Å². The Balaban J connectivity index is 0.00000225. The van der Waals surface area contributed by atoms with Gasteiger partial charge in [0.15, 0.2) is 0 Å². The zero-order chi connectivity index (χ0) is 16.9. The molecule has 0 saturated carbocycles. The SMILES string of the molecule is CCN1/C(=C/C=Nc2ccccc2)N(CC)c2cc(C#N)ccc21.I. The van der Waals surface area contributed by atoms with Crippen LogP contribution in [0.4, 0.5) is 17.1 Å². The van der Waals surface area contributed by atoms with Gasteiger partial charge in [-0.25, -0.2) is 0 Å². The van der Waals surface area contributed by atoms with E-state index in [0.29, 0.717) is 5.56 Å². The van der Waals surface area contributed by atoms with Crippen LogP contribution in [0.3, 0.4) is 0 Å². The maximum Gasteiger partial charge on any atom is 0.115 e. The molecule has 2 aromatic carbocycles. The quantitative estimate of drug-likeness (QED) is 0.488. The van der Waals surface area contributed by atoms with E-state index in [9.17, 15) is 0 Å². The van der Waals surface area contributed by atoms with Gasteiger partial charge in [0.05, 0.1) is 28.7 Å². The molecule has 5 heteroatoms. The van der Waals surface area contributed by atoms with Crippen LogP contribution < -0.4 is 9.80 Å². The average molecular weight is 444 g/mol. The summed E-state index contributed by atoms with van der Waals surface area (Å²) in [5.74, 6) is 1.09. The Morgan fingerprint density at radius 3 is 2.32 bits per heavy atom. The van der Waals surface area contributed by atoms with E-state index < -0.39 is 0 Å². The van der Waals surface area contributed by atoms with Gasteiger partial charge in [0, 0.05) is 19.3 Å². The molecule has 1 aliphatic heterocycles. The van der Waals surface area contributed by atoms with Gasteiger partial charge in [0.2, 0.25) is 0 Å². The van der Waals surface area contributed by atoms with Crippen LogP contribution in [0.5, 0.6) is 0 Å². The van der Waals surface area contributed by atoms with Gasteiger partial charge in [-0.05, 0) is 50.3 Å². The Hall–Kier alpha value is -2.33. The number of fused-ring (bicyclic) bond motifs is 1. The maximum atomic E-state index is 9.17. The fraction of sp³-hybridized carbons (Fsp3) is 0.200. The van der Waals surface area contributed by atoms with Gasteiger partial charge in [0.1, 0.15) is 5.82 Å². The third-order valence-corrected chi connectivity index (χ3v) is 4.08. The van der Waals surface area contributed by atoms with Crippen molar-refractivity contribution in [2.45, 2.75) is 13.8 Å². The minimum absolute atomic E-state index is 0. The van der Waals surface area contributed by atoms with Crippen molar-refractivity contribution < 1.29 is 0 Å². The van der Waals surface area contributed by atoms with Gasteiger partial charge < -0.3 is 9.80 Å². The van der Waals surface area contributed by atoms with Crippen molar-refractivity contribution in [3.63, 3.8) is 0 Å². The minimum Gasteiger partial charge on any atom is -0.326 e. The van der Waals surface area contributed by atoms with Crippen LogP contribution in [0.15, 0.2) is 65.4 Å². The molecule has 4 nitrogen and oxygen atoms in total. The Kier molecular flexibility index (Phi) is 6.59. The summed E-state index contributed by atoms with van der Waals surface area (Å²) in [6.45, 7) is 5.94. The number of allylic oxidation sites excluding steroid dienone is 1. The van der Waals surface area contributed by atoms with Crippen LogP contribution in [-0.2, 0) is 0 Å². The summed E-state index contributed by atoms with van der Waals surface area (Å²) < 4.78 is 0. The first-order valence-corrected chi connectivity index (χ1v) is 8.17. The molecule has 128 valence electrons. The van der Waals surface area contributed by atoms with Crippen LogP contribution in [-0.4, -0.2) is 19.3 Å². The summed E-state index contributed by atoms with van der Waals surface area (Å²) >= 11 is 0. The zero-order valence-corrected chi connectivity index (χ0v) is 16.7. The molecule has 0 radical (unpaired) electrons. The second-order valence-corrected chi connectivity index (χ2v) is 5.44. The Morgan fingerprint density at radius 1 is 1.00 bits per heavy atom. The van der Waals surface area contributed by atoms with Gasteiger partial charge in [-0.15, -0.1) is 24.0 Å². The number of rotatable bonds is 4. The van der Waals surface area contributed by atoms with E-state index in [1.165, 1.54) is 0 Å². The van der Waals surface area contributed by atoms with Crippen molar-refractivity contribution in [2.75, 3.05) is 22.9 Å². The number of benzene rings is 2. The number of nitrogens with zero attached hydrogens (tertiary/aromatic N) is 4. The summed E-state index contributed by atoms with van der Waals surface area (Å²) in [4.78, 5) is 8.96. The Bertz CT molecular complexity index is 821.